The quantitative estimate of drug-likeness (QED) is 0.422. The molecule has 6 nitrogen and oxygen atoms in total. The Bertz CT molecular complexity index is 864. The van der Waals surface area contributed by atoms with Crippen molar-refractivity contribution in [2.24, 2.45) is 0 Å². The molecule has 0 aliphatic heterocycles. The van der Waals surface area contributed by atoms with Crippen LogP contribution >= 0.6 is 0 Å². The van der Waals surface area contributed by atoms with Gasteiger partial charge >= 0.3 is 5.97 Å². The minimum Gasteiger partial charge on any atom is -0.481 e. The number of halogens is 1. The van der Waals surface area contributed by atoms with Gasteiger partial charge in [-0.1, -0.05) is 36.8 Å². The summed E-state index contributed by atoms with van der Waals surface area (Å²) in [6.45, 7) is 0.348. The first-order chi connectivity index (χ1) is 14.0. The monoisotopic (exact) mass is 398 g/mol. The van der Waals surface area contributed by atoms with Crippen molar-refractivity contribution in [2.75, 3.05) is 6.54 Å². The van der Waals surface area contributed by atoms with Crippen molar-refractivity contribution < 1.29 is 23.9 Å². The molecule has 0 atom stereocenters. The van der Waals surface area contributed by atoms with E-state index in [9.17, 15) is 18.8 Å². The Morgan fingerprint density at radius 3 is 2.28 bits per heavy atom. The first kappa shape index (κ1) is 21.8. The minimum absolute atomic E-state index is 0.0380. The van der Waals surface area contributed by atoms with Crippen molar-refractivity contribution in [1.82, 2.24) is 10.6 Å². The van der Waals surface area contributed by atoms with Crippen LogP contribution in [0.15, 0.2) is 60.3 Å². The molecule has 7 heteroatoms. The molecule has 0 saturated carbocycles. The van der Waals surface area contributed by atoms with Crippen molar-refractivity contribution in [2.45, 2.75) is 25.7 Å². The number of nitrogens with one attached hydrogen (secondary N) is 2. The van der Waals surface area contributed by atoms with Crippen LogP contribution < -0.4 is 10.6 Å². The first-order valence-corrected chi connectivity index (χ1v) is 9.29. The molecule has 2 amide bonds. The van der Waals surface area contributed by atoms with Gasteiger partial charge in [-0.3, -0.25) is 14.4 Å². The second-order valence-corrected chi connectivity index (χ2v) is 6.39. The number of carboxylic acids is 1. The maximum absolute atomic E-state index is 13.1. The van der Waals surface area contributed by atoms with E-state index in [1.54, 1.807) is 30.3 Å². The molecule has 2 aromatic rings. The molecule has 0 radical (unpaired) electrons. The molecule has 0 aromatic heterocycles. The van der Waals surface area contributed by atoms with Crippen molar-refractivity contribution >= 4 is 23.9 Å². The maximum atomic E-state index is 13.1. The van der Waals surface area contributed by atoms with Gasteiger partial charge in [0.2, 0.25) is 0 Å². The van der Waals surface area contributed by atoms with Crippen LogP contribution in [0, 0.1) is 5.82 Å². The Balaban J connectivity index is 2.03. The maximum Gasteiger partial charge on any atom is 0.303 e. The van der Waals surface area contributed by atoms with Crippen molar-refractivity contribution in [3.05, 3.63) is 77.2 Å². The second kappa shape index (κ2) is 11.4. The lowest BCUT2D eigenvalue weighted by molar-refractivity contribution is -0.137. The third-order valence-electron chi connectivity index (χ3n) is 4.06. The van der Waals surface area contributed by atoms with Gasteiger partial charge in [-0.15, -0.1) is 0 Å². The SMILES string of the molecule is O=C(O)CCCCCNC(=O)/C(=C\c1ccc(F)cc1)NC(=O)c1ccccc1. The number of carbonyl (C=O) groups is 3. The van der Waals surface area contributed by atoms with E-state index in [0.717, 1.165) is 0 Å². The zero-order valence-electron chi connectivity index (χ0n) is 15.9. The summed E-state index contributed by atoms with van der Waals surface area (Å²) >= 11 is 0. The van der Waals surface area contributed by atoms with Crippen molar-refractivity contribution in [3.8, 4) is 0 Å². The summed E-state index contributed by atoms with van der Waals surface area (Å²) in [5.41, 5.74) is 1.00. The smallest absolute Gasteiger partial charge is 0.303 e. The molecule has 0 saturated heterocycles. The molecular weight excluding hydrogens is 375 g/mol. The lowest BCUT2D eigenvalue weighted by Crippen LogP contribution is -2.35. The fraction of sp³-hybridized carbons (Fsp3) is 0.227. The number of benzene rings is 2. The van der Waals surface area contributed by atoms with Crippen LogP contribution in [0.4, 0.5) is 4.39 Å². The molecule has 0 fully saturated rings. The molecule has 2 rings (SSSR count). The third-order valence-corrected chi connectivity index (χ3v) is 4.06. The molecule has 0 bridgehead atoms. The van der Waals surface area contributed by atoms with Gasteiger partial charge in [0.25, 0.3) is 11.8 Å². The van der Waals surface area contributed by atoms with Gasteiger partial charge in [-0.05, 0) is 48.7 Å². The van der Waals surface area contributed by atoms with Crippen LogP contribution in [0.25, 0.3) is 6.08 Å². The fourth-order valence-corrected chi connectivity index (χ4v) is 2.54. The largest absolute Gasteiger partial charge is 0.481 e. The standard InChI is InChI=1S/C22H23FN2O4/c23-18-12-10-16(11-13-18)15-19(25-21(28)17-7-3-1-4-8-17)22(29)24-14-6-2-5-9-20(26)27/h1,3-4,7-8,10-13,15H,2,5-6,9,14H2,(H,24,29)(H,25,28)(H,26,27)/b19-15+. The van der Waals surface area contributed by atoms with Crippen LogP contribution in [0.2, 0.25) is 0 Å². The van der Waals surface area contributed by atoms with E-state index in [1.165, 1.54) is 30.3 Å². The zero-order chi connectivity index (χ0) is 21.1. The van der Waals surface area contributed by atoms with Crippen LogP contribution in [-0.4, -0.2) is 29.4 Å². The Kier molecular flexibility index (Phi) is 8.56. The number of carboxylic acid groups (broad SMARTS) is 1. The third kappa shape index (κ3) is 7.96. The summed E-state index contributed by atoms with van der Waals surface area (Å²) in [6.07, 6.45) is 3.39. The van der Waals surface area contributed by atoms with Gasteiger partial charge in [0, 0.05) is 18.5 Å². The van der Waals surface area contributed by atoms with E-state index < -0.39 is 23.6 Å². The average molecular weight is 398 g/mol. The lowest BCUT2D eigenvalue weighted by atomic mass is 10.1. The lowest BCUT2D eigenvalue weighted by Gasteiger charge is -2.11. The van der Waals surface area contributed by atoms with Crippen LogP contribution in [0.3, 0.4) is 0 Å². The van der Waals surface area contributed by atoms with Gasteiger partial charge in [0.05, 0.1) is 0 Å². The predicted octanol–water partition coefficient (Wildman–Crippen LogP) is 3.36. The van der Waals surface area contributed by atoms with Gasteiger partial charge in [0.15, 0.2) is 0 Å². The number of aliphatic carboxylic acids is 1. The highest BCUT2D eigenvalue weighted by Crippen LogP contribution is 2.09. The van der Waals surface area contributed by atoms with E-state index in [0.29, 0.717) is 36.9 Å². The summed E-state index contributed by atoms with van der Waals surface area (Å²) in [5.74, 6) is -2.16. The summed E-state index contributed by atoms with van der Waals surface area (Å²) in [6, 6.07) is 14.0. The van der Waals surface area contributed by atoms with Gasteiger partial charge in [0.1, 0.15) is 11.5 Å². The molecule has 29 heavy (non-hydrogen) atoms. The predicted molar refractivity (Wildman–Crippen MR) is 107 cm³/mol. The molecule has 2 aromatic carbocycles. The minimum atomic E-state index is -0.845. The van der Waals surface area contributed by atoms with Crippen LogP contribution in [0.1, 0.15) is 41.6 Å². The number of unbranched alkanes of at least 4 members (excludes halogenated alkanes) is 2. The van der Waals surface area contributed by atoms with Gasteiger partial charge in [-0.2, -0.15) is 0 Å². The average Bonchev–Trinajstić information content (AvgIpc) is 2.71. The van der Waals surface area contributed by atoms with Crippen molar-refractivity contribution in [1.29, 1.82) is 0 Å². The summed E-state index contributed by atoms with van der Waals surface area (Å²) < 4.78 is 13.1. The van der Waals surface area contributed by atoms with Gasteiger partial charge in [-0.25, -0.2) is 4.39 Å². The van der Waals surface area contributed by atoms with Gasteiger partial charge < -0.3 is 15.7 Å². The van der Waals surface area contributed by atoms with E-state index >= 15 is 0 Å². The van der Waals surface area contributed by atoms with E-state index in [1.807, 2.05) is 0 Å². The highest BCUT2D eigenvalue weighted by atomic mass is 19.1. The molecule has 3 N–H and O–H groups in total. The number of amides is 2. The highest BCUT2D eigenvalue weighted by Gasteiger charge is 2.14. The number of rotatable bonds is 10. The Morgan fingerprint density at radius 1 is 0.931 bits per heavy atom. The zero-order valence-corrected chi connectivity index (χ0v) is 15.9. The molecule has 0 aliphatic rings. The first-order valence-electron chi connectivity index (χ1n) is 9.29. The number of carbonyl (C=O) groups excluding carboxylic acids is 2. The summed E-state index contributed by atoms with van der Waals surface area (Å²) in [5, 5.41) is 13.9. The molecule has 0 heterocycles. The summed E-state index contributed by atoms with van der Waals surface area (Å²) in [7, 11) is 0. The Labute approximate surface area is 168 Å². The Hall–Kier alpha value is -3.48. The molecule has 0 aliphatic carbocycles. The fourth-order valence-electron chi connectivity index (χ4n) is 2.54. The topological polar surface area (TPSA) is 95.5 Å². The molecule has 0 unspecified atom stereocenters. The van der Waals surface area contributed by atoms with E-state index in [-0.39, 0.29) is 12.1 Å². The normalized spacial score (nSPS) is 11.0. The molecule has 152 valence electrons. The van der Waals surface area contributed by atoms with E-state index in [2.05, 4.69) is 10.6 Å². The van der Waals surface area contributed by atoms with Crippen LogP contribution in [-0.2, 0) is 9.59 Å². The second-order valence-electron chi connectivity index (χ2n) is 6.39. The van der Waals surface area contributed by atoms with Crippen molar-refractivity contribution in [3.63, 3.8) is 0 Å². The van der Waals surface area contributed by atoms with E-state index in [4.69, 9.17) is 5.11 Å². The number of hydrogen-bond acceptors (Lipinski definition) is 3. The van der Waals surface area contributed by atoms with Crippen LogP contribution in [0.5, 0.6) is 0 Å². The Morgan fingerprint density at radius 2 is 1.62 bits per heavy atom. The highest BCUT2D eigenvalue weighted by molar-refractivity contribution is 6.05. The molecular formula is C22H23FN2O4. The molecule has 0 spiro atoms. The summed E-state index contributed by atoms with van der Waals surface area (Å²) in [4.78, 5) is 35.5. The number of hydrogen-bond donors (Lipinski definition) is 3.